The fourth-order valence-corrected chi connectivity index (χ4v) is 4.09. The van der Waals surface area contributed by atoms with Crippen molar-refractivity contribution in [2.24, 2.45) is 5.92 Å². The minimum Gasteiger partial charge on any atom is -0.340 e. The summed E-state index contributed by atoms with van der Waals surface area (Å²) in [5.74, 6) is 0.984. The molecule has 0 atom stereocenters. The molecule has 170 valence electrons. The van der Waals surface area contributed by atoms with Crippen molar-refractivity contribution >= 4 is 42.3 Å². The first kappa shape index (κ1) is 26.7. The SMILES string of the molecule is Cc1cccc(NC(=O)CN2CCN(C(=O)CCC3CCNCC3)CC2)c1C.Cl.Cl. The molecule has 3 rings (SSSR count). The minimum absolute atomic E-state index is 0. The zero-order valence-corrected chi connectivity index (χ0v) is 19.7. The smallest absolute Gasteiger partial charge is 0.238 e. The summed E-state index contributed by atoms with van der Waals surface area (Å²) in [6.45, 7) is 9.60. The zero-order valence-electron chi connectivity index (χ0n) is 18.1. The monoisotopic (exact) mass is 458 g/mol. The number of amides is 2. The van der Waals surface area contributed by atoms with Crippen LogP contribution < -0.4 is 10.6 Å². The number of carbonyl (C=O) groups excluding carboxylic acids is 2. The van der Waals surface area contributed by atoms with Gasteiger partial charge in [-0.15, -0.1) is 24.8 Å². The Kier molecular flexibility index (Phi) is 11.7. The average Bonchev–Trinajstić information content (AvgIpc) is 2.71. The van der Waals surface area contributed by atoms with Crippen molar-refractivity contribution in [3.05, 3.63) is 29.3 Å². The molecule has 0 aromatic heterocycles. The molecule has 0 aliphatic carbocycles. The molecule has 0 radical (unpaired) electrons. The number of rotatable bonds is 6. The third kappa shape index (κ3) is 7.73. The summed E-state index contributed by atoms with van der Waals surface area (Å²) in [6, 6.07) is 5.96. The van der Waals surface area contributed by atoms with Gasteiger partial charge in [-0.3, -0.25) is 14.5 Å². The van der Waals surface area contributed by atoms with E-state index in [9.17, 15) is 9.59 Å². The molecule has 1 aromatic carbocycles. The lowest BCUT2D eigenvalue weighted by Crippen LogP contribution is -2.50. The maximum Gasteiger partial charge on any atom is 0.238 e. The number of benzene rings is 1. The van der Waals surface area contributed by atoms with Gasteiger partial charge in [-0.1, -0.05) is 12.1 Å². The van der Waals surface area contributed by atoms with Gasteiger partial charge in [0.1, 0.15) is 0 Å². The molecule has 1 aromatic rings. The van der Waals surface area contributed by atoms with Gasteiger partial charge in [0, 0.05) is 38.3 Å². The Morgan fingerprint density at radius 1 is 1.07 bits per heavy atom. The molecule has 0 bridgehead atoms. The highest BCUT2D eigenvalue weighted by molar-refractivity contribution is 5.93. The summed E-state index contributed by atoms with van der Waals surface area (Å²) in [7, 11) is 0. The summed E-state index contributed by atoms with van der Waals surface area (Å²) in [6.07, 6.45) is 4.06. The van der Waals surface area contributed by atoms with Crippen LogP contribution in [0.3, 0.4) is 0 Å². The number of anilines is 1. The van der Waals surface area contributed by atoms with Crippen molar-refractivity contribution in [3.8, 4) is 0 Å². The Labute approximate surface area is 193 Å². The first-order valence-corrected chi connectivity index (χ1v) is 10.6. The van der Waals surface area contributed by atoms with Crippen molar-refractivity contribution in [2.75, 3.05) is 51.1 Å². The molecule has 2 amide bonds. The quantitative estimate of drug-likeness (QED) is 0.687. The summed E-state index contributed by atoms with van der Waals surface area (Å²) in [5, 5.41) is 6.40. The van der Waals surface area contributed by atoms with E-state index in [1.165, 1.54) is 18.4 Å². The second-order valence-corrected chi connectivity index (χ2v) is 8.18. The Bertz CT molecular complexity index is 688. The third-order valence-electron chi connectivity index (χ3n) is 6.20. The molecule has 2 aliphatic heterocycles. The van der Waals surface area contributed by atoms with Crippen LogP contribution in [0, 0.1) is 19.8 Å². The Balaban J connectivity index is 0.00000225. The lowest BCUT2D eigenvalue weighted by atomic mass is 9.93. The van der Waals surface area contributed by atoms with Crippen LogP contribution in [0.5, 0.6) is 0 Å². The van der Waals surface area contributed by atoms with Gasteiger partial charge in [-0.2, -0.15) is 0 Å². The van der Waals surface area contributed by atoms with Gasteiger partial charge in [0.15, 0.2) is 0 Å². The number of hydrogen-bond donors (Lipinski definition) is 2. The standard InChI is InChI=1S/C22H34N4O2.2ClH/c1-17-4-3-5-20(18(17)2)24-21(27)16-25-12-14-26(15-13-25)22(28)7-6-19-8-10-23-11-9-19;;/h3-5,19,23H,6-16H2,1-2H3,(H,24,27);2*1H. The zero-order chi connectivity index (χ0) is 19.9. The van der Waals surface area contributed by atoms with E-state index in [2.05, 4.69) is 15.5 Å². The van der Waals surface area contributed by atoms with Gasteiger partial charge >= 0.3 is 0 Å². The van der Waals surface area contributed by atoms with Crippen LogP contribution in [0.4, 0.5) is 5.69 Å². The van der Waals surface area contributed by atoms with Crippen LogP contribution in [0.15, 0.2) is 18.2 Å². The van der Waals surface area contributed by atoms with Crippen molar-refractivity contribution < 1.29 is 9.59 Å². The summed E-state index contributed by atoms with van der Waals surface area (Å²) in [5.41, 5.74) is 3.17. The van der Waals surface area contributed by atoms with Crippen LogP contribution >= 0.6 is 24.8 Å². The highest BCUT2D eigenvalue weighted by Crippen LogP contribution is 2.19. The second kappa shape index (κ2) is 13.2. The number of halogens is 2. The molecule has 30 heavy (non-hydrogen) atoms. The van der Waals surface area contributed by atoms with Crippen molar-refractivity contribution in [2.45, 2.75) is 39.5 Å². The van der Waals surface area contributed by atoms with Crippen molar-refractivity contribution in [1.29, 1.82) is 0 Å². The first-order chi connectivity index (χ1) is 13.5. The van der Waals surface area contributed by atoms with Gasteiger partial charge in [-0.25, -0.2) is 0 Å². The second-order valence-electron chi connectivity index (χ2n) is 8.18. The topological polar surface area (TPSA) is 64.7 Å². The van der Waals surface area contributed by atoms with E-state index < -0.39 is 0 Å². The third-order valence-corrected chi connectivity index (χ3v) is 6.20. The lowest BCUT2D eigenvalue weighted by molar-refractivity contribution is -0.133. The predicted molar refractivity (Wildman–Crippen MR) is 127 cm³/mol. The molecule has 2 fully saturated rings. The number of aryl methyl sites for hydroxylation is 1. The average molecular weight is 459 g/mol. The van der Waals surface area contributed by atoms with E-state index in [1.54, 1.807) is 0 Å². The largest absolute Gasteiger partial charge is 0.340 e. The number of carbonyl (C=O) groups is 2. The lowest BCUT2D eigenvalue weighted by Gasteiger charge is -2.34. The van der Waals surface area contributed by atoms with Gasteiger partial charge < -0.3 is 15.5 Å². The molecular formula is C22H36Cl2N4O2. The number of nitrogens with one attached hydrogen (secondary N) is 2. The number of nitrogens with zero attached hydrogens (tertiary/aromatic N) is 2. The molecular weight excluding hydrogens is 423 g/mol. The normalized spacial score (nSPS) is 17.6. The number of piperazine rings is 1. The van der Waals surface area contributed by atoms with E-state index in [1.807, 2.05) is 36.9 Å². The van der Waals surface area contributed by atoms with Crippen molar-refractivity contribution in [1.82, 2.24) is 15.1 Å². The van der Waals surface area contributed by atoms with Gasteiger partial charge in [0.2, 0.25) is 11.8 Å². The van der Waals surface area contributed by atoms with Crippen LogP contribution in [-0.4, -0.2) is 67.4 Å². The van der Waals surface area contributed by atoms with Crippen LogP contribution in [0.1, 0.15) is 36.8 Å². The van der Waals surface area contributed by atoms with Crippen LogP contribution in [0.25, 0.3) is 0 Å². The molecule has 2 heterocycles. The predicted octanol–water partition coefficient (Wildman–Crippen LogP) is 3.01. The van der Waals surface area contributed by atoms with E-state index in [0.717, 1.165) is 56.9 Å². The molecule has 6 nitrogen and oxygen atoms in total. The molecule has 2 N–H and O–H groups in total. The van der Waals surface area contributed by atoms with E-state index in [0.29, 0.717) is 18.9 Å². The number of piperidine rings is 1. The Morgan fingerprint density at radius 2 is 1.73 bits per heavy atom. The van der Waals surface area contributed by atoms with Gasteiger partial charge in [-0.05, 0) is 69.3 Å². The Hall–Kier alpha value is -1.34. The summed E-state index contributed by atoms with van der Waals surface area (Å²) < 4.78 is 0. The van der Waals surface area contributed by atoms with E-state index in [4.69, 9.17) is 0 Å². The molecule has 2 saturated heterocycles. The molecule has 8 heteroatoms. The Morgan fingerprint density at radius 3 is 2.40 bits per heavy atom. The molecule has 0 spiro atoms. The fraction of sp³-hybridized carbons (Fsp3) is 0.636. The molecule has 2 aliphatic rings. The van der Waals surface area contributed by atoms with E-state index in [-0.39, 0.29) is 36.6 Å². The first-order valence-electron chi connectivity index (χ1n) is 10.6. The van der Waals surface area contributed by atoms with E-state index >= 15 is 0 Å². The summed E-state index contributed by atoms with van der Waals surface area (Å²) >= 11 is 0. The highest BCUT2D eigenvalue weighted by atomic mass is 35.5. The van der Waals surface area contributed by atoms with Crippen LogP contribution in [0.2, 0.25) is 0 Å². The molecule has 0 unspecified atom stereocenters. The van der Waals surface area contributed by atoms with Gasteiger partial charge in [0.05, 0.1) is 6.54 Å². The fourth-order valence-electron chi connectivity index (χ4n) is 4.09. The maximum atomic E-state index is 12.5. The number of hydrogen-bond acceptors (Lipinski definition) is 4. The minimum atomic E-state index is 0. The van der Waals surface area contributed by atoms with Crippen LogP contribution in [-0.2, 0) is 9.59 Å². The molecule has 0 saturated carbocycles. The van der Waals surface area contributed by atoms with Crippen molar-refractivity contribution in [3.63, 3.8) is 0 Å². The summed E-state index contributed by atoms with van der Waals surface area (Å²) in [4.78, 5) is 29.0. The highest BCUT2D eigenvalue weighted by Gasteiger charge is 2.23. The van der Waals surface area contributed by atoms with Gasteiger partial charge in [0.25, 0.3) is 0 Å². The maximum absolute atomic E-state index is 12.5.